The Kier molecular flexibility index (Phi) is 2.91. The maximum absolute atomic E-state index is 11.1. The van der Waals surface area contributed by atoms with Crippen molar-refractivity contribution < 1.29 is 9.90 Å². The van der Waals surface area contributed by atoms with E-state index in [9.17, 15) is 9.90 Å². The van der Waals surface area contributed by atoms with Gasteiger partial charge in [-0.1, -0.05) is 0 Å². The zero-order chi connectivity index (χ0) is 10.9. The Morgan fingerprint density at radius 2 is 1.79 bits per heavy atom. The van der Waals surface area contributed by atoms with Gasteiger partial charge in [0.25, 0.3) is 0 Å². The fraction of sp³-hybridized carbons (Fsp3) is 0.364. The molecule has 0 aliphatic carbocycles. The van der Waals surface area contributed by atoms with E-state index in [4.69, 9.17) is 5.73 Å². The van der Waals surface area contributed by atoms with Gasteiger partial charge in [0.05, 0.1) is 6.04 Å². The summed E-state index contributed by atoms with van der Waals surface area (Å²) in [6, 6.07) is 2.64. The number of benzene rings is 1. The van der Waals surface area contributed by atoms with E-state index in [0.29, 0.717) is 0 Å². The van der Waals surface area contributed by atoms with Gasteiger partial charge in [-0.3, -0.25) is 4.79 Å². The Balaban J connectivity index is 3.27. The first-order valence-corrected chi connectivity index (χ1v) is 4.49. The maximum atomic E-state index is 11.1. The van der Waals surface area contributed by atoms with E-state index in [0.717, 1.165) is 16.7 Å². The van der Waals surface area contributed by atoms with Crippen LogP contribution in [0.4, 0.5) is 0 Å². The first kappa shape index (κ1) is 10.7. The van der Waals surface area contributed by atoms with Crippen LogP contribution >= 0.6 is 0 Å². The summed E-state index contributed by atoms with van der Waals surface area (Å²) >= 11 is 0. The first-order valence-electron chi connectivity index (χ1n) is 4.49. The van der Waals surface area contributed by atoms with Crippen molar-refractivity contribution in [1.82, 2.24) is 0 Å². The number of phenolic OH excluding ortho intramolecular Hbond substituents is 1. The van der Waals surface area contributed by atoms with Crippen LogP contribution in [0.3, 0.4) is 0 Å². The second-order valence-electron chi connectivity index (χ2n) is 3.58. The van der Waals surface area contributed by atoms with E-state index >= 15 is 0 Å². The molecule has 14 heavy (non-hydrogen) atoms. The van der Waals surface area contributed by atoms with Gasteiger partial charge >= 0.3 is 0 Å². The van der Waals surface area contributed by atoms with E-state index in [1.54, 1.807) is 12.1 Å². The van der Waals surface area contributed by atoms with Crippen molar-refractivity contribution in [2.45, 2.75) is 26.8 Å². The molecule has 0 heterocycles. The van der Waals surface area contributed by atoms with Crippen molar-refractivity contribution >= 4 is 5.78 Å². The molecule has 1 atom stereocenters. The standard InChI is InChI=1S/C11H15NO2/c1-6-4-9(14)5-7(2)10(6)11(12)8(3)13/h4-5,11,14H,12H2,1-3H3. The third kappa shape index (κ3) is 1.93. The highest BCUT2D eigenvalue weighted by Gasteiger charge is 2.16. The lowest BCUT2D eigenvalue weighted by molar-refractivity contribution is -0.118. The highest BCUT2D eigenvalue weighted by molar-refractivity contribution is 5.83. The molecule has 1 aromatic rings. The summed E-state index contributed by atoms with van der Waals surface area (Å²) in [7, 11) is 0. The average molecular weight is 193 g/mol. The Labute approximate surface area is 83.6 Å². The number of Topliss-reactive ketones (excluding diaryl/α,β-unsaturated/α-hetero) is 1. The third-order valence-electron chi connectivity index (χ3n) is 2.33. The summed E-state index contributed by atoms with van der Waals surface area (Å²) in [6.45, 7) is 5.14. The van der Waals surface area contributed by atoms with E-state index < -0.39 is 6.04 Å². The average Bonchev–Trinajstić information content (AvgIpc) is 2.01. The summed E-state index contributed by atoms with van der Waals surface area (Å²) in [5.41, 5.74) is 8.28. The van der Waals surface area contributed by atoms with Gasteiger partial charge in [-0.15, -0.1) is 0 Å². The minimum Gasteiger partial charge on any atom is -0.508 e. The van der Waals surface area contributed by atoms with Gasteiger partial charge in [-0.25, -0.2) is 0 Å². The predicted octanol–water partition coefficient (Wildman–Crippen LogP) is 1.60. The lowest BCUT2D eigenvalue weighted by atomic mass is 9.94. The molecule has 0 radical (unpaired) electrons. The van der Waals surface area contributed by atoms with Crippen LogP contribution in [0.5, 0.6) is 5.75 Å². The van der Waals surface area contributed by atoms with Crippen molar-refractivity contribution in [3.05, 3.63) is 28.8 Å². The van der Waals surface area contributed by atoms with Crippen LogP contribution in [0, 0.1) is 13.8 Å². The molecule has 76 valence electrons. The van der Waals surface area contributed by atoms with Crippen LogP contribution < -0.4 is 5.73 Å². The molecule has 0 saturated heterocycles. The summed E-state index contributed by atoms with van der Waals surface area (Å²) < 4.78 is 0. The monoisotopic (exact) mass is 193 g/mol. The molecule has 0 saturated carbocycles. The molecule has 0 aliphatic heterocycles. The number of aryl methyl sites for hydroxylation is 2. The summed E-state index contributed by atoms with van der Waals surface area (Å²) in [5, 5.41) is 9.31. The van der Waals surface area contributed by atoms with Crippen LogP contribution in [0.1, 0.15) is 29.7 Å². The highest BCUT2D eigenvalue weighted by atomic mass is 16.3. The number of hydrogen-bond donors (Lipinski definition) is 2. The number of carbonyl (C=O) groups is 1. The minimum absolute atomic E-state index is 0.0677. The van der Waals surface area contributed by atoms with Gasteiger partial charge in [0.1, 0.15) is 5.75 Å². The van der Waals surface area contributed by atoms with Crippen LogP contribution in [0.2, 0.25) is 0 Å². The molecule has 1 rings (SSSR count). The molecule has 3 N–H and O–H groups in total. The summed E-state index contributed by atoms with van der Waals surface area (Å²) in [5.74, 6) is 0.140. The Bertz CT molecular complexity index is 349. The van der Waals surface area contributed by atoms with Gasteiger partial charge in [0.2, 0.25) is 0 Å². The third-order valence-corrected chi connectivity index (χ3v) is 2.33. The van der Waals surface area contributed by atoms with E-state index in [-0.39, 0.29) is 11.5 Å². The number of phenols is 1. The van der Waals surface area contributed by atoms with Gasteiger partial charge in [-0.05, 0) is 49.6 Å². The molecule has 0 bridgehead atoms. The second kappa shape index (κ2) is 3.80. The van der Waals surface area contributed by atoms with Crippen molar-refractivity contribution in [1.29, 1.82) is 0 Å². The van der Waals surface area contributed by atoms with Crippen molar-refractivity contribution in [2.75, 3.05) is 0 Å². The zero-order valence-corrected chi connectivity index (χ0v) is 8.66. The number of hydrogen-bond acceptors (Lipinski definition) is 3. The van der Waals surface area contributed by atoms with Crippen LogP contribution in [0.25, 0.3) is 0 Å². The van der Waals surface area contributed by atoms with Crippen LogP contribution in [-0.4, -0.2) is 10.9 Å². The smallest absolute Gasteiger partial charge is 0.151 e. The lowest BCUT2D eigenvalue weighted by Gasteiger charge is -2.15. The topological polar surface area (TPSA) is 63.3 Å². The predicted molar refractivity (Wildman–Crippen MR) is 55.2 cm³/mol. The molecule has 0 aliphatic rings. The van der Waals surface area contributed by atoms with Crippen LogP contribution in [0.15, 0.2) is 12.1 Å². The highest BCUT2D eigenvalue weighted by Crippen LogP contribution is 2.25. The summed E-state index contributed by atoms with van der Waals surface area (Å²) in [6.07, 6.45) is 0. The number of rotatable bonds is 2. The van der Waals surface area contributed by atoms with E-state index in [1.165, 1.54) is 6.92 Å². The van der Waals surface area contributed by atoms with Crippen molar-refractivity contribution in [2.24, 2.45) is 5.73 Å². The number of ketones is 1. The molecule has 0 amide bonds. The van der Waals surface area contributed by atoms with Crippen molar-refractivity contribution in [3.63, 3.8) is 0 Å². The molecule has 0 fully saturated rings. The quantitative estimate of drug-likeness (QED) is 0.749. The van der Waals surface area contributed by atoms with Gasteiger partial charge in [0.15, 0.2) is 5.78 Å². The SMILES string of the molecule is CC(=O)C(N)c1c(C)cc(O)cc1C. The fourth-order valence-electron chi connectivity index (χ4n) is 1.65. The number of nitrogens with two attached hydrogens (primary N) is 1. The maximum Gasteiger partial charge on any atom is 0.151 e. The van der Waals surface area contributed by atoms with E-state index in [2.05, 4.69) is 0 Å². The molecular weight excluding hydrogens is 178 g/mol. The number of carbonyl (C=O) groups excluding carboxylic acids is 1. The van der Waals surface area contributed by atoms with Gasteiger partial charge < -0.3 is 10.8 Å². The zero-order valence-electron chi connectivity index (χ0n) is 8.66. The second-order valence-corrected chi connectivity index (χ2v) is 3.58. The first-order chi connectivity index (χ1) is 6.43. The minimum atomic E-state index is -0.587. The van der Waals surface area contributed by atoms with Gasteiger partial charge in [-0.2, -0.15) is 0 Å². The largest absolute Gasteiger partial charge is 0.508 e. The normalized spacial score (nSPS) is 12.6. The molecule has 1 unspecified atom stereocenters. The molecule has 0 spiro atoms. The lowest BCUT2D eigenvalue weighted by Crippen LogP contribution is -2.20. The molecule has 0 aromatic heterocycles. The Morgan fingerprint density at radius 3 is 2.14 bits per heavy atom. The Hall–Kier alpha value is -1.35. The molecular formula is C11H15NO2. The number of aromatic hydroxyl groups is 1. The fourth-order valence-corrected chi connectivity index (χ4v) is 1.65. The molecule has 3 heteroatoms. The summed E-state index contributed by atoms with van der Waals surface area (Å²) in [4.78, 5) is 11.1. The van der Waals surface area contributed by atoms with Crippen LogP contribution in [-0.2, 0) is 4.79 Å². The molecule has 3 nitrogen and oxygen atoms in total. The molecule has 1 aromatic carbocycles. The van der Waals surface area contributed by atoms with Gasteiger partial charge in [0, 0.05) is 0 Å². The Morgan fingerprint density at radius 1 is 1.36 bits per heavy atom. The van der Waals surface area contributed by atoms with E-state index in [1.807, 2.05) is 13.8 Å². The van der Waals surface area contributed by atoms with Crippen molar-refractivity contribution in [3.8, 4) is 5.75 Å².